The highest BCUT2D eigenvalue weighted by molar-refractivity contribution is 5.97. The second kappa shape index (κ2) is 4.93. The van der Waals surface area contributed by atoms with E-state index in [0.29, 0.717) is 5.75 Å². The molecule has 0 saturated heterocycles. The number of aromatic carboxylic acids is 1. The molecule has 5 heteroatoms. The number of hydrogen-bond acceptors (Lipinski definition) is 3. The Labute approximate surface area is 104 Å². The van der Waals surface area contributed by atoms with E-state index < -0.39 is 5.97 Å². The molecule has 2 aromatic carbocycles. The van der Waals surface area contributed by atoms with Gasteiger partial charge in [0.2, 0.25) is 0 Å². The largest absolute Gasteiger partial charge is 0.507 e. The number of ether oxygens (including phenoxy) is 1. The van der Waals surface area contributed by atoms with Crippen LogP contribution in [0.25, 0.3) is 10.8 Å². The van der Waals surface area contributed by atoms with Crippen LogP contribution in [0.1, 0.15) is 10.4 Å². The van der Waals surface area contributed by atoms with Crippen molar-refractivity contribution in [3.63, 3.8) is 0 Å². The summed E-state index contributed by atoms with van der Waals surface area (Å²) in [5, 5.41) is 19.8. The van der Waals surface area contributed by atoms with Gasteiger partial charge in [-0.05, 0) is 35.0 Å². The Morgan fingerprint density at radius 2 is 1.88 bits per heavy atom. The van der Waals surface area contributed by atoms with Crippen molar-refractivity contribution in [3.05, 3.63) is 35.9 Å². The van der Waals surface area contributed by atoms with E-state index in [0.717, 1.165) is 10.8 Å². The summed E-state index contributed by atoms with van der Waals surface area (Å²) in [6.07, 6.45) is 0. The van der Waals surface area contributed by atoms with Crippen LogP contribution in [0.5, 0.6) is 11.5 Å². The van der Waals surface area contributed by atoms with Gasteiger partial charge >= 0.3 is 5.97 Å². The highest BCUT2D eigenvalue weighted by Gasteiger charge is 2.10. The van der Waals surface area contributed by atoms with Crippen LogP contribution in [0, 0.1) is 0 Å². The van der Waals surface area contributed by atoms with Gasteiger partial charge in [-0.25, -0.2) is 4.79 Å². The van der Waals surface area contributed by atoms with E-state index in [4.69, 9.17) is 9.84 Å². The van der Waals surface area contributed by atoms with Gasteiger partial charge in [-0.1, -0.05) is 6.07 Å². The minimum Gasteiger partial charge on any atom is -0.507 e. The van der Waals surface area contributed by atoms with Crippen LogP contribution in [0.4, 0.5) is 0 Å². The highest BCUT2D eigenvalue weighted by atomic mass is 35.5. The molecule has 0 aliphatic heterocycles. The van der Waals surface area contributed by atoms with Gasteiger partial charge in [-0.3, -0.25) is 0 Å². The van der Waals surface area contributed by atoms with Gasteiger partial charge in [0.1, 0.15) is 17.1 Å². The summed E-state index contributed by atoms with van der Waals surface area (Å²) >= 11 is 0. The van der Waals surface area contributed by atoms with Crippen molar-refractivity contribution in [1.82, 2.24) is 0 Å². The lowest BCUT2D eigenvalue weighted by atomic mass is 10.1. The normalized spacial score (nSPS) is 9.71. The van der Waals surface area contributed by atoms with Crippen LogP contribution >= 0.6 is 12.4 Å². The summed E-state index contributed by atoms with van der Waals surface area (Å²) in [6, 6.07) is 8.09. The molecule has 0 fully saturated rings. The first-order valence-corrected chi connectivity index (χ1v) is 4.66. The number of hydrogen-bond donors (Lipinski definition) is 2. The fraction of sp³-hybridized carbons (Fsp3) is 0.0833. The third-order valence-electron chi connectivity index (χ3n) is 2.39. The summed E-state index contributed by atoms with van der Waals surface area (Å²) in [4.78, 5) is 10.8. The van der Waals surface area contributed by atoms with Crippen molar-refractivity contribution >= 4 is 29.1 Å². The Kier molecular flexibility index (Phi) is 3.81. The van der Waals surface area contributed by atoms with E-state index in [-0.39, 0.29) is 23.7 Å². The molecule has 2 N–H and O–H groups in total. The SMILES string of the molecule is COc1ccc2cc(O)c(C(=O)O)cc2c1.Cl. The number of carboxylic acids is 1. The van der Waals surface area contributed by atoms with Crippen molar-refractivity contribution in [2.75, 3.05) is 7.11 Å². The number of aromatic hydroxyl groups is 1. The zero-order chi connectivity index (χ0) is 11.7. The molecular weight excluding hydrogens is 244 g/mol. The number of phenols is 1. The second-order valence-electron chi connectivity index (χ2n) is 3.39. The summed E-state index contributed by atoms with van der Waals surface area (Å²) < 4.78 is 5.04. The topological polar surface area (TPSA) is 66.8 Å². The van der Waals surface area contributed by atoms with E-state index in [1.54, 1.807) is 25.3 Å². The molecule has 0 aliphatic rings. The monoisotopic (exact) mass is 254 g/mol. The van der Waals surface area contributed by atoms with Crippen LogP contribution in [-0.2, 0) is 0 Å². The Morgan fingerprint density at radius 1 is 1.18 bits per heavy atom. The van der Waals surface area contributed by atoms with Crippen LogP contribution in [0.2, 0.25) is 0 Å². The van der Waals surface area contributed by atoms with Crippen LogP contribution in [0.15, 0.2) is 30.3 Å². The predicted molar refractivity (Wildman–Crippen MR) is 66.4 cm³/mol. The molecule has 0 atom stereocenters. The first-order chi connectivity index (χ1) is 7.61. The Balaban J connectivity index is 0.00000144. The van der Waals surface area contributed by atoms with E-state index in [2.05, 4.69) is 0 Å². The van der Waals surface area contributed by atoms with Gasteiger partial charge in [0, 0.05) is 0 Å². The maximum Gasteiger partial charge on any atom is 0.339 e. The minimum absolute atomic E-state index is 0. The molecule has 0 saturated carbocycles. The number of methoxy groups -OCH3 is 1. The van der Waals surface area contributed by atoms with Gasteiger partial charge in [0.15, 0.2) is 0 Å². The summed E-state index contributed by atoms with van der Waals surface area (Å²) in [5.41, 5.74) is -0.110. The zero-order valence-corrected chi connectivity index (χ0v) is 9.82. The lowest BCUT2D eigenvalue weighted by Crippen LogP contribution is -1.96. The first-order valence-electron chi connectivity index (χ1n) is 4.66. The number of halogens is 1. The molecule has 0 aliphatic carbocycles. The second-order valence-corrected chi connectivity index (χ2v) is 3.39. The summed E-state index contributed by atoms with van der Waals surface area (Å²) in [5.74, 6) is -0.734. The third-order valence-corrected chi connectivity index (χ3v) is 2.39. The first kappa shape index (κ1) is 13.1. The number of carboxylic acid groups (broad SMARTS) is 1. The molecule has 2 aromatic rings. The Morgan fingerprint density at radius 3 is 2.47 bits per heavy atom. The van der Waals surface area contributed by atoms with E-state index in [1.165, 1.54) is 12.1 Å². The summed E-state index contributed by atoms with van der Waals surface area (Å²) in [7, 11) is 1.54. The average Bonchev–Trinajstić information content (AvgIpc) is 2.27. The maximum absolute atomic E-state index is 10.8. The quantitative estimate of drug-likeness (QED) is 0.865. The number of carbonyl (C=O) groups is 1. The molecule has 0 aromatic heterocycles. The fourth-order valence-corrected chi connectivity index (χ4v) is 1.56. The average molecular weight is 255 g/mol. The molecule has 0 unspecified atom stereocenters. The molecule has 17 heavy (non-hydrogen) atoms. The molecule has 2 rings (SSSR count). The van der Waals surface area contributed by atoms with Gasteiger partial charge in [-0.15, -0.1) is 12.4 Å². The maximum atomic E-state index is 10.8. The van der Waals surface area contributed by atoms with Gasteiger partial charge in [0.05, 0.1) is 7.11 Å². The third kappa shape index (κ3) is 2.42. The molecule has 0 bridgehead atoms. The van der Waals surface area contributed by atoms with Crippen molar-refractivity contribution in [2.24, 2.45) is 0 Å². The van der Waals surface area contributed by atoms with E-state index >= 15 is 0 Å². The highest BCUT2D eigenvalue weighted by Crippen LogP contribution is 2.27. The van der Waals surface area contributed by atoms with Gasteiger partial charge in [0.25, 0.3) is 0 Å². The van der Waals surface area contributed by atoms with E-state index in [9.17, 15) is 9.90 Å². The lowest BCUT2D eigenvalue weighted by Gasteiger charge is -2.05. The predicted octanol–water partition coefficient (Wildman–Crippen LogP) is 2.67. The zero-order valence-electron chi connectivity index (χ0n) is 9.01. The molecular formula is C12H11ClO4. The van der Waals surface area contributed by atoms with Gasteiger partial charge < -0.3 is 14.9 Å². The van der Waals surface area contributed by atoms with Crippen molar-refractivity contribution in [2.45, 2.75) is 0 Å². The number of rotatable bonds is 2. The number of fused-ring (bicyclic) bond motifs is 1. The molecule has 0 amide bonds. The molecule has 0 spiro atoms. The van der Waals surface area contributed by atoms with E-state index in [1.807, 2.05) is 0 Å². The van der Waals surface area contributed by atoms with Crippen LogP contribution in [0.3, 0.4) is 0 Å². The lowest BCUT2D eigenvalue weighted by molar-refractivity contribution is 0.0694. The van der Waals surface area contributed by atoms with Crippen LogP contribution in [-0.4, -0.2) is 23.3 Å². The molecule has 0 heterocycles. The number of benzene rings is 2. The minimum atomic E-state index is -1.15. The molecule has 4 nitrogen and oxygen atoms in total. The molecule has 90 valence electrons. The Bertz CT molecular complexity index is 566. The Hall–Kier alpha value is -1.94. The van der Waals surface area contributed by atoms with Crippen molar-refractivity contribution in [3.8, 4) is 11.5 Å². The molecule has 0 radical (unpaired) electrons. The van der Waals surface area contributed by atoms with Crippen molar-refractivity contribution in [1.29, 1.82) is 0 Å². The summed E-state index contributed by atoms with van der Waals surface area (Å²) in [6.45, 7) is 0. The van der Waals surface area contributed by atoms with Crippen molar-refractivity contribution < 1.29 is 19.7 Å². The van der Waals surface area contributed by atoms with Gasteiger partial charge in [-0.2, -0.15) is 0 Å². The fourth-order valence-electron chi connectivity index (χ4n) is 1.56. The van der Waals surface area contributed by atoms with Crippen LogP contribution < -0.4 is 4.74 Å². The standard InChI is InChI=1S/C12H10O4.ClH/c1-16-9-3-2-7-6-11(13)10(12(14)15)5-8(7)4-9;/h2-6,13H,1H3,(H,14,15);1H. The smallest absolute Gasteiger partial charge is 0.339 e.